The van der Waals surface area contributed by atoms with Crippen molar-refractivity contribution in [3.63, 3.8) is 0 Å². The summed E-state index contributed by atoms with van der Waals surface area (Å²) in [4.78, 5) is 0. The van der Waals surface area contributed by atoms with Crippen LogP contribution in [-0.4, -0.2) is 10.7 Å². The van der Waals surface area contributed by atoms with Crippen molar-refractivity contribution in [1.29, 1.82) is 0 Å². The van der Waals surface area contributed by atoms with Crippen molar-refractivity contribution in [2.45, 2.75) is 33.6 Å². The van der Waals surface area contributed by atoms with E-state index < -0.39 is 0 Å². The van der Waals surface area contributed by atoms with Gasteiger partial charge in [0.05, 0.1) is 11.4 Å². The monoisotopic (exact) mass is 204 g/mol. The standard InChI is InChI=1S/C13H20N2/c1-5-6-7-10-15-12(4)8-9-13(14-15)11(2)3/h7-11H,4-6H2,1-3H3/b10-7-. The fraction of sp³-hybridized carbons (Fsp3) is 0.462. The van der Waals surface area contributed by atoms with Crippen LogP contribution in [0.5, 0.6) is 0 Å². The van der Waals surface area contributed by atoms with Gasteiger partial charge in [0, 0.05) is 6.20 Å². The van der Waals surface area contributed by atoms with Crippen LogP contribution in [0.25, 0.3) is 0 Å². The minimum atomic E-state index is 0.455. The van der Waals surface area contributed by atoms with Gasteiger partial charge in [-0.3, -0.25) is 0 Å². The van der Waals surface area contributed by atoms with Crippen LogP contribution >= 0.6 is 0 Å². The van der Waals surface area contributed by atoms with Crippen molar-refractivity contribution in [2.75, 3.05) is 0 Å². The van der Waals surface area contributed by atoms with E-state index >= 15 is 0 Å². The first kappa shape index (κ1) is 11.8. The highest BCUT2D eigenvalue weighted by Crippen LogP contribution is 2.15. The topological polar surface area (TPSA) is 15.6 Å². The second-order valence-electron chi connectivity index (χ2n) is 4.02. The van der Waals surface area contributed by atoms with E-state index in [1.807, 2.05) is 23.4 Å². The molecule has 0 bridgehead atoms. The van der Waals surface area contributed by atoms with Crippen LogP contribution < -0.4 is 0 Å². The first-order valence-electron chi connectivity index (χ1n) is 5.56. The lowest BCUT2D eigenvalue weighted by Crippen LogP contribution is -2.18. The summed E-state index contributed by atoms with van der Waals surface area (Å²) in [6.07, 6.45) is 10.4. The molecular formula is C13H20N2. The SMILES string of the molecule is C=C1C=CC(C(C)C)=NN1/C=C\CCC. The van der Waals surface area contributed by atoms with Crippen molar-refractivity contribution in [3.05, 3.63) is 36.7 Å². The number of hydrazone groups is 1. The molecule has 1 aliphatic heterocycles. The number of nitrogens with zero attached hydrogens (tertiary/aromatic N) is 2. The smallest absolute Gasteiger partial charge is 0.0639 e. The summed E-state index contributed by atoms with van der Waals surface area (Å²) >= 11 is 0. The maximum Gasteiger partial charge on any atom is 0.0639 e. The van der Waals surface area contributed by atoms with E-state index in [4.69, 9.17) is 0 Å². The molecule has 15 heavy (non-hydrogen) atoms. The summed E-state index contributed by atoms with van der Waals surface area (Å²) in [5.74, 6) is 0.455. The first-order valence-corrected chi connectivity index (χ1v) is 5.56. The Labute approximate surface area is 92.7 Å². The van der Waals surface area contributed by atoms with Crippen molar-refractivity contribution in [1.82, 2.24) is 5.01 Å². The van der Waals surface area contributed by atoms with Gasteiger partial charge in [-0.2, -0.15) is 5.10 Å². The molecule has 0 spiro atoms. The van der Waals surface area contributed by atoms with Gasteiger partial charge >= 0.3 is 0 Å². The molecule has 0 aromatic heterocycles. The highest BCUT2D eigenvalue weighted by Gasteiger charge is 2.10. The molecule has 0 saturated carbocycles. The summed E-state index contributed by atoms with van der Waals surface area (Å²) in [6.45, 7) is 10.4. The Kier molecular flexibility index (Phi) is 4.35. The van der Waals surface area contributed by atoms with Gasteiger partial charge in [0.25, 0.3) is 0 Å². The fourth-order valence-corrected chi connectivity index (χ4v) is 1.26. The van der Waals surface area contributed by atoms with Gasteiger partial charge in [0.1, 0.15) is 0 Å². The lowest BCUT2D eigenvalue weighted by atomic mass is 10.1. The molecule has 0 amide bonds. The van der Waals surface area contributed by atoms with Crippen molar-refractivity contribution in [3.8, 4) is 0 Å². The molecule has 0 saturated heterocycles. The number of unbranched alkanes of at least 4 members (excludes halogenated alkanes) is 1. The molecule has 1 heterocycles. The molecule has 2 nitrogen and oxygen atoms in total. The number of allylic oxidation sites excluding steroid dienone is 3. The van der Waals surface area contributed by atoms with Crippen molar-refractivity contribution in [2.24, 2.45) is 11.0 Å². The summed E-state index contributed by atoms with van der Waals surface area (Å²) in [7, 11) is 0. The Morgan fingerprint density at radius 3 is 2.80 bits per heavy atom. The predicted octanol–water partition coefficient (Wildman–Crippen LogP) is 3.70. The van der Waals surface area contributed by atoms with E-state index in [1.165, 1.54) is 0 Å². The number of hydrogen-bond donors (Lipinski definition) is 0. The van der Waals surface area contributed by atoms with Crippen molar-refractivity contribution < 1.29 is 0 Å². The lowest BCUT2D eigenvalue weighted by molar-refractivity contribution is 0.504. The molecule has 0 aliphatic carbocycles. The zero-order valence-corrected chi connectivity index (χ0v) is 9.90. The largest absolute Gasteiger partial charge is 0.242 e. The molecule has 82 valence electrons. The summed E-state index contributed by atoms with van der Waals surface area (Å²) in [5, 5.41) is 6.36. The second-order valence-corrected chi connectivity index (χ2v) is 4.02. The van der Waals surface area contributed by atoms with E-state index in [1.54, 1.807) is 0 Å². The highest BCUT2D eigenvalue weighted by molar-refractivity contribution is 5.97. The average molecular weight is 204 g/mol. The van der Waals surface area contributed by atoms with Crippen LogP contribution in [0.1, 0.15) is 33.6 Å². The molecule has 2 heteroatoms. The van der Waals surface area contributed by atoms with Crippen LogP contribution in [-0.2, 0) is 0 Å². The Bertz CT molecular complexity index is 308. The van der Waals surface area contributed by atoms with Gasteiger partial charge in [-0.15, -0.1) is 0 Å². The fourth-order valence-electron chi connectivity index (χ4n) is 1.26. The van der Waals surface area contributed by atoms with E-state index in [2.05, 4.69) is 38.5 Å². The zero-order chi connectivity index (χ0) is 11.3. The van der Waals surface area contributed by atoms with E-state index in [-0.39, 0.29) is 0 Å². The normalized spacial score (nSPS) is 16.7. The zero-order valence-electron chi connectivity index (χ0n) is 9.90. The minimum absolute atomic E-state index is 0.455. The van der Waals surface area contributed by atoms with Gasteiger partial charge in [-0.1, -0.05) is 39.8 Å². The summed E-state index contributed by atoms with van der Waals surface area (Å²) in [5.41, 5.74) is 2.02. The third-order valence-corrected chi connectivity index (χ3v) is 2.26. The summed E-state index contributed by atoms with van der Waals surface area (Å²) < 4.78 is 0. The van der Waals surface area contributed by atoms with Gasteiger partial charge < -0.3 is 0 Å². The van der Waals surface area contributed by atoms with Gasteiger partial charge in [-0.25, -0.2) is 5.01 Å². The molecule has 1 aliphatic rings. The van der Waals surface area contributed by atoms with Crippen LogP contribution in [0.4, 0.5) is 0 Å². The van der Waals surface area contributed by atoms with Crippen molar-refractivity contribution >= 4 is 5.71 Å². The Hall–Kier alpha value is -1.31. The van der Waals surface area contributed by atoms with E-state index in [9.17, 15) is 0 Å². The van der Waals surface area contributed by atoms with Gasteiger partial charge in [0.15, 0.2) is 0 Å². The number of hydrogen-bond acceptors (Lipinski definition) is 2. The Morgan fingerprint density at radius 2 is 2.20 bits per heavy atom. The van der Waals surface area contributed by atoms with Crippen LogP contribution in [0.3, 0.4) is 0 Å². The molecule has 1 rings (SSSR count). The average Bonchev–Trinajstić information content (AvgIpc) is 2.20. The third kappa shape index (κ3) is 3.39. The van der Waals surface area contributed by atoms with Gasteiger partial charge in [-0.05, 0) is 24.5 Å². The third-order valence-electron chi connectivity index (χ3n) is 2.26. The molecule has 0 N–H and O–H groups in total. The number of rotatable bonds is 4. The van der Waals surface area contributed by atoms with Gasteiger partial charge in [0.2, 0.25) is 0 Å². The van der Waals surface area contributed by atoms with Crippen LogP contribution in [0, 0.1) is 5.92 Å². The van der Waals surface area contributed by atoms with E-state index in [0.717, 1.165) is 24.3 Å². The molecule has 0 fully saturated rings. The second kappa shape index (κ2) is 5.54. The van der Waals surface area contributed by atoms with Crippen LogP contribution in [0.15, 0.2) is 41.8 Å². The first-order chi connectivity index (χ1) is 7.15. The molecule has 0 radical (unpaired) electrons. The lowest BCUT2D eigenvalue weighted by Gasteiger charge is -2.21. The predicted molar refractivity (Wildman–Crippen MR) is 66.4 cm³/mol. The molecule has 0 unspecified atom stereocenters. The highest BCUT2D eigenvalue weighted by atomic mass is 15.5. The quantitative estimate of drug-likeness (QED) is 0.681. The Balaban J connectivity index is 2.71. The minimum Gasteiger partial charge on any atom is -0.242 e. The van der Waals surface area contributed by atoms with Crippen LogP contribution in [0.2, 0.25) is 0 Å². The molecule has 0 aromatic carbocycles. The maximum atomic E-state index is 4.51. The molecular weight excluding hydrogens is 184 g/mol. The summed E-state index contributed by atoms with van der Waals surface area (Å²) in [6, 6.07) is 0. The maximum absolute atomic E-state index is 4.51. The molecule has 0 aromatic rings. The molecule has 0 atom stereocenters. The Morgan fingerprint density at radius 1 is 1.47 bits per heavy atom. The van der Waals surface area contributed by atoms with E-state index in [0.29, 0.717) is 5.92 Å².